The number of halogens is 1. The second-order valence-electron chi connectivity index (χ2n) is 12.3. The molecule has 0 aromatic heterocycles. The van der Waals surface area contributed by atoms with Crippen LogP contribution in [0.2, 0.25) is 0 Å². The summed E-state index contributed by atoms with van der Waals surface area (Å²) in [4.78, 5) is 54.8. The lowest BCUT2D eigenvalue weighted by Crippen LogP contribution is -2.56. The first-order valence-electron chi connectivity index (χ1n) is 16.0. The summed E-state index contributed by atoms with van der Waals surface area (Å²) in [6.45, 7) is 7.23. The number of likely N-dealkylation sites (tertiary alicyclic amines) is 1. The number of esters is 1. The number of hydrogen-bond donors (Lipinski definition) is 2. The molecule has 3 fully saturated rings. The minimum absolute atomic E-state index is 0.0864. The SMILES string of the molecule is C=CCCCCC[C@H](NC(=O)OC1CCCC1)C(=O)N1C[C@@H](OS(=O)(=O)c2ccc(Br)cc2)CC1C(=O)NC1(C(=O)OC)CC1C=C. The minimum atomic E-state index is -4.26. The van der Waals surface area contributed by atoms with E-state index in [-0.39, 0.29) is 42.7 Å². The van der Waals surface area contributed by atoms with Crippen LogP contribution in [-0.4, -0.2) is 80.7 Å². The van der Waals surface area contributed by atoms with Crippen LogP contribution in [0.25, 0.3) is 0 Å². The first kappa shape index (κ1) is 36.6. The Morgan fingerprint density at radius 3 is 2.40 bits per heavy atom. The first-order valence-corrected chi connectivity index (χ1v) is 18.2. The molecule has 0 spiro atoms. The number of amides is 3. The van der Waals surface area contributed by atoms with Crippen LogP contribution in [-0.2, 0) is 38.2 Å². The monoisotopic (exact) mass is 737 g/mol. The number of nitrogens with one attached hydrogen (secondary N) is 2. The second-order valence-corrected chi connectivity index (χ2v) is 14.8. The van der Waals surface area contributed by atoms with E-state index >= 15 is 0 Å². The van der Waals surface area contributed by atoms with Gasteiger partial charge in [0.1, 0.15) is 23.7 Å². The van der Waals surface area contributed by atoms with Crippen molar-refractivity contribution in [2.24, 2.45) is 5.92 Å². The smallest absolute Gasteiger partial charge is 0.408 e. The van der Waals surface area contributed by atoms with Crippen LogP contribution in [0.4, 0.5) is 4.79 Å². The lowest BCUT2D eigenvalue weighted by molar-refractivity contribution is -0.148. The second kappa shape index (κ2) is 16.2. The maximum atomic E-state index is 14.2. The number of methoxy groups -OCH3 is 1. The third kappa shape index (κ3) is 9.23. The average molecular weight is 739 g/mol. The van der Waals surface area contributed by atoms with E-state index in [1.54, 1.807) is 18.2 Å². The van der Waals surface area contributed by atoms with Gasteiger partial charge in [-0.15, -0.1) is 13.2 Å². The first-order chi connectivity index (χ1) is 22.4. The summed E-state index contributed by atoms with van der Waals surface area (Å²) in [6.07, 6.45) is 8.18. The van der Waals surface area contributed by atoms with Gasteiger partial charge in [0, 0.05) is 23.4 Å². The van der Waals surface area contributed by atoms with E-state index < -0.39 is 57.7 Å². The van der Waals surface area contributed by atoms with Gasteiger partial charge in [-0.3, -0.25) is 13.8 Å². The fourth-order valence-corrected chi connectivity index (χ4v) is 7.63. The number of unbranched alkanes of at least 4 members (excludes halogenated alkanes) is 3. The molecule has 1 heterocycles. The Bertz CT molecular complexity index is 1430. The Balaban J connectivity index is 1.57. The molecule has 14 heteroatoms. The average Bonchev–Trinajstić information content (AvgIpc) is 3.31. The van der Waals surface area contributed by atoms with Crippen molar-refractivity contribution in [2.45, 2.75) is 105 Å². The highest BCUT2D eigenvalue weighted by Gasteiger charge is 2.62. The van der Waals surface area contributed by atoms with Gasteiger partial charge < -0.3 is 25.0 Å². The third-order valence-corrected chi connectivity index (χ3v) is 10.9. The highest BCUT2D eigenvalue weighted by Crippen LogP contribution is 2.45. The molecule has 1 saturated heterocycles. The molecule has 3 amide bonds. The lowest BCUT2D eigenvalue weighted by atomic mass is 10.0. The van der Waals surface area contributed by atoms with Crippen LogP contribution in [0.3, 0.4) is 0 Å². The summed E-state index contributed by atoms with van der Waals surface area (Å²) in [6, 6.07) is 3.64. The fourth-order valence-electron chi connectivity index (χ4n) is 6.29. The Morgan fingerprint density at radius 2 is 1.79 bits per heavy atom. The topological polar surface area (TPSA) is 157 Å². The van der Waals surface area contributed by atoms with Gasteiger partial charge in [-0.05, 0) is 75.6 Å². The molecule has 2 saturated carbocycles. The van der Waals surface area contributed by atoms with E-state index in [0.29, 0.717) is 10.9 Å². The summed E-state index contributed by atoms with van der Waals surface area (Å²) in [5.41, 5.74) is -1.33. The van der Waals surface area contributed by atoms with Gasteiger partial charge in [-0.1, -0.05) is 40.9 Å². The van der Waals surface area contributed by atoms with Gasteiger partial charge in [-0.2, -0.15) is 8.42 Å². The van der Waals surface area contributed by atoms with Crippen molar-refractivity contribution in [1.82, 2.24) is 15.5 Å². The van der Waals surface area contributed by atoms with E-state index in [2.05, 4.69) is 39.7 Å². The predicted molar refractivity (Wildman–Crippen MR) is 176 cm³/mol. The van der Waals surface area contributed by atoms with Crippen molar-refractivity contribution in [3.05, 3.63) is 54.0 Å². The van der Waals surface area contributed by atoms with Gasteiger partial charge in [0.05, 0.1) is 18.1 Å². The molecule has 12 nitrogen and oxygen atoms in total. The summed E-state index contributed by atoms with van der Waals surface area (Å²) in [5.74, 6) is -2.26. The van der Waals surface area contributed by atoms with Crippen LogP contribution < -0.4 is 10.6 Å². The van der Waals surface area contributed by atoms with Crippen LogP contribution in [0.1, 0.15) is 70.6 Å². The normalized spacial score (nSPS) is 24.6. The van der Waals surface area contributed by atoms with Crippen LogP contribution in [0.5, 0.6) is 0 Å². The molecule has 47 heavy (non-hydrogen) atoms. The summed E-state index contributed by atoms with van der Waals surface area (Å²) in [7, 11) is -3.05. The number of alkyl carbamates (subject to hydrolysis) is 1. The van der Waals surface area contributed by atoms with E-state index in [1.165, 1.54) is 24.1 Å². The zero-order valence-electron chi connectivity index (χ0n) is 26.7. The number of carbonyl (C=O) groups is 4. The Kier molecular flexibility index (Phi) is 12.7. The largest absolute Gasteiger partial charge is 0.467 e. The number of rotatable bonds is 16. The van der Waals surface area contributed by atoms with Crippen molar-refractivity contribution in [3.63, 3.8) is 0 Å². The van der Waals surface area contributed by atoms with Gasteiger partial charge in [0.25, 0.3) is 10.1 Å². The fraction of sp³-hybridized carbons (Fsp3) is 0.576. The van der Waals surface area contributed by atoms with Crippen LogP contribution in [0, 0.1) is 5.92 Å². The molecular formula is C33H44BrN3O9S. The molecule has 258 valence electrons. The van der Waals surface area contributed by atoms with Crippen molar-refractivity contribution in [1.29, 1.82) is 0 Å². The third-order valence-electron chi connectivity index (χ3n) is 8.98. The maximum absolute atomic E-state index is 14.2. The van der Waals surface area contributed by atoms with E-state index in [0.717, 1.165) is 44.9 Å². The van der Waals surface area contributed by atoms with Crippen LogP contribution in [0.15, 0.2) is 58.9 Å². The molecule has 3 unspecified atom stereocenters. The molecule has 3 aliphatic rings. The Hall–Kier alpha value is -3.23. The minimum Gasteiger partial charge on any atom is -0.467 e. The van der Waals surface area contributed by atoms with Gasteiger partial charge in [0.2, 0.25) is 11.8 Å². The molecule has 4 rings (SSSR count). The maximum Gasteiger partial charge on any atom is 0.408 e. The summed E-state index contributed by atoms with van der Waals surface area (Å²) >= 11 is 3.28. The van der Waals surface area contributed by atoms with Gasteiger partial charge >= 0.3 is 12.1 Å². The highest BCUT2D eigenvalue weighted by atomic mass is 79.9. The van der Waals surface area contributed by atoms with Crippen molar-refractivity contribution < 1.29 is 41.3 Å². The van der Waals surface area contributed by atoms with E-state index in [1.807, 2.05) is 6.08 Å². The molecule has 2 aliphatic carbocycles. The molecule has 1 aromatic carbocycles. The molecule has 1 aromatic rings. The number of hydrogen-bond acceptors (Lipinski definition) is 9. The number of carbonyl (C=O) groups excluding carboxylic acids is 4. The summed E-state index contributed by atoms with van der Waals surface area (Å²) in [5, 5.41) is 5.47. The van der Waals surface area contributed by atoms with Crippen molar-refractivity contribution >= 4 is 49.9 Å². The molecule has 1 aliphatic heterocycles. The zero-order valence-corrected chi connectivity index (χ0v) is 29.1. The summed E-state index contributed by atoms with van der Waals surface area (Å²) < 4.78 is 43.1. The Morgan fingerprint density at radius 1 is 1.09 bits per heavy atom. The van der Waals surface area contributed by atoms with E-state index in [9.17, 15) is 27.6 Å². The van der Waals surface area contributed by atoms with Crippen LogP contribution >= 0.6 is 15.9 Å². The van der Waals surface area contributed by atoms with Crippen molar-refractivity contribution in [3.8, 4) is 0 Å². The standard InChI is InChI=1S/C33H44BrN3O9S/c1-4-6-7-8-9-14-27(35-32(41)45-24-12-10-11-13-24)30(39)37-21-25(46-47(42,43)26-17-15-23(34)16-18-26)19-28(37)29(38)36-33(31(40)44-3)20-22(33)5-2/h4-5,15-18,22,24-25,27-28H,1-2,6-14,19-21H2,3H3,(H,35,41)(H,36,38)/t22?,25-,27-,28?,33?/m0/s1. The van der Waals surface area contributed by atoms with Gasteiger partial charge in [-0.25, -0.2) is 9.59 Å². The Labute approximate surface area is 284 Å². The molecule has 2 N–H and O–H groups in total. The number of ether oxygens (including phenoxy) is 2. The number of nitrogens with zero attached hydrogens (tertiary/aromatic N) is 1. The highest BCUT2D eigenvalue weighted by molar-refractivity contribution is 9.10. The van der Waals surface area contributed by atoms with E-state index in [4.69, 9.17) is 13.7 Å². The number of allylic oxidation sites excluding steroid dienone is 1. The zero-order chi connectivity index (χ0) is 34.2. The predicted octanol–water partition coefficient (Wildman–Crippen LogP) is 4.53. The quantitative estimate of drug-likeness (QED) is 0.108. The molecule has 5 atom stereocenters. The lowest BCUT2D eigenvalue weighted by Gasteiger charge is -2.29. The number of benzene rings is 1. The van der Waals surface area contributed by atoms with Gasteiger partial charge in [0.15, 0.2) is 0 Å². The van der Waals surface area contributed by atoms with Crippen molar-refractivity contribution in [2.75, 3.05) is 13.7 Å². The molecule has 0 bridgehead atoms. The molecule has 0 radical (unpaired) electrons. The molecular weight excluding hydrogens is 694 g/mol.